The summed E-state index contributed by atoms with van der Waals surface area (Å²) in [7, 11) is 1.53. The highest BCUT2D eigenvalue weighted by atomic mass is 16.6. The number of nitrogens with one attached hydrogen (secondary N) is 4. The van der Waals surface area contributed by atoms with Crippen LogP contribution in [0.4, 0.5) is 21.9 Å². The predicted molar refractivity (Wildman–Crippen MR) is 222 cm³/mol. The van der Waals surface area contributed by atoms with Gasteiger partial charge >= 0.3 is 6.09 Å². The number of hydrogen-bond donors (Lipinski definition) is 7. The fourth-order valence-corrected chi connectivity index (χ4v) is 6.80. The number of hydrogen-bond acceptors (Lipinski definition) is 11. The van der Waals surface area contributed by atoms with Crippen LogP contribution in [0.3, 0.4) is 0 Å². The Kier molecular flexibility index (Phi) is 13.7. The fourth-order valence-electron chi connectivity index (χ4n) is 6.80. The van der Waals surface area contributed by atoms with Gasteiger partial charge in [0, 0.05) is 74.0 Å². The van der Waals surface area contributed by atoms with Crippen LogP contribution in [0.5, 0.6) is 11.5 Å². The number of fused-ring (bicyclic) bond motifs is 1. The van der Waals surface area contributed by atoms with Gasteiger partial charge in [0.15, 0.2) is 0 Å². The van der Waals surface area contributed by atoms with E-state index in [1.54, 1.807) is 30.3 Å². The van der Waals surface area contributed by atoms with Gasteiger partial charge in [-0.05, 0) is 60.5 Å². The number of aromatic amines is 1. The Morgan fingerprint density at radius 1 is 1.00 bits per heavy atom. The van der Waals surface area contributed by atoms with Gasteiger partial charge in [0.25, 0.3) is 0 Å². The third-order valence-electron chi connectivity index (χ3n) is 9.71. The number of phenolic OH excluding ortho intramolecular Hbond substituents is 1. The quantitative estimate of drug-likeness (QED) is 0.0623. The molecule has 4 aromatic carbocycles. The summed E-state index contributed by atoms with van der Waals surface area (Å²) in [5.74, 6) is 0.216. The first-order chi connectivity index (χ1) is 27.7. The number of anilines is 2. The number of benzene rings is 4. The number of aromatic hydroxyl groups is 1. The van der Waals surface area contributed by atoms with Crippen molar-refractivity contribution in [2.45, 2.75) is 38.0 Å². The van der Waals surface area contributed by atoms with E-state index in [1.165, 1.54) is 31.7 Å². The maximum absolute atomic E-state index is 13.2. The van der Waals surface area contributed by atoms with E-state index in [0.29, 0.717) is 72.8 Å². The molecule has 1 aliphatic rings. The lowest BCUT2D eigenvalue weighted by molar-refractivity contribution is -0.116. The highest BCUT2D eigenvalue weighted by Gasteiger charge is 2.24. The summed E-state index contributed by atoms with van der Waals surface area (Å²) in [6, 6.07) is 26.9. The molecule has 5 aromatic rings. The number of nitrogens with zero attached hydrogens (tertiary/aromatic N) is 2. The third-order valence-corrected chi connectivity index (χ3v) is 9.71. The van der Waals surface area contributed by atoms with Crippen LogP contribution in [-0.2, 0) is 16.1 Å². The number of likely N-dealkylation sites (tertiary alicyclic amines) is 1. The van der Waals surface area contributed by atoms with Gasteiger partial charge in [-0.3, -0.25) is 19.9 Å². The lowest BCUT2D eigenvalue weighted by atomic mass is 10.0. The van der Waals surface area contributed by atoms with Crippen molar-refractivity contribution in [3.8, 4) is 22.6 Å². The molecule has 296 valence electrons. The Labute approximate surface area is 330 Å². The largest absolute Gasteiger partial charge is 0.506 e. The van der Waals surface area contributed by atoms with E-state index in [-0.39, 0.29) is 41.8 Å². The molecule has 8 N–H and O–H groups in total. The number of piperidine rings is 1. The number of aliphatic hydroxyl groups excluding tert-OH is 1. The van der Waals surface area contributed by atoms with Crippen LogP contribution in [0.2, 0.25) is 0 Å². The first-order valence-corrected chi connectivity index (χ1v) is 18.7. The Bertz CT molecular complexity index is 2290. The van der Waals surface area contributed by atoms with Crippen molar-refractivity contribution in [3.63, 3.8) is 0 Å². The zero-order valence-electron chi connectivity index (χ0n) is 31.6. The number of para-hydroxylation sites is 1. The van der Waals surface area contributed by atoms with Crippen LogP contribution < -0.4 is 32.0 Å². The number of methoxy groups -OCH3 is 1. The molecule has 14 nitrogen and oxygen atoms in total. The van der Waals surface area contributed by atoms with Crippen LogP contribution in [0, 0.1) is 0 Å². The first kappa shape index (κ1) is 40.2. The molecule has 1 atom stereocenters. The predicted octanol–water partition coefficient (Wildman–Crippen LogP) is 5.95. The number of rotatable bonds is 15. The van der Waals surface area contributed by atoms with Crippen molar-refractivity contribution >= 4 is 46.2 Å². The fraction of sp³-hybridized carbons (Fsp3) is 0.256. The number of pyridine rings is 1. The molecule has 1 saturated heterocycles. The summed E-state index contributed by atoms with van der Waals surface area (Å²) in [4.78, 5) is 47.2. The van der Waals surface area contributed by atoms with Crippen molar-refractivity contribution in [2.24, 2.45) is 10.7 Å². The molecular weight excluding hydrogens is 727 g/mol. The van der Waals surface area contributed by atoms with Crippen LogP contribution in [0.1, 0.15) is 36.5 Å². The van der Waals surface area contributed by atoms with Gasteiger partial charge in [0.2, 0.25) is 11.5 Å². The average molecular weight is 774 g/mol. The molecule has 6 rings (SSSR count). The summed E-state index contributed by atoms with van der Waals surface area (Å²) in [5, 5.41) is 30.9. The van der Waals surface area contributed by atoms with Crippen molar-refractivity contribution < 1.29 is 29.3 Å². The van der Waals surface area contributed by atoms with E-state index in [0.717, 1.165) is 16.7 Å². The van der Waals surface area contributed by atoms with E-state index in [2.05, 4.69) is 30.8 Å². The molecule has 2 heterocycles. The number of nitrogens with two attached hydrogens (primary N) is 1. The molecule has 0 aliphatic carbocycles. The monoisotopic (exact) mass is 773 g/mol. The summed E-state index contributed by atoms with van der Waals surface area (Å²) >= 11 is 0. The van der Waals surface area contributed by atoms with E-state index in [9.17, 15) is 24.6 Å². The van der Waals surface area contributed by atoms with E-state index in [4.69, 9.17) is 15.2 Å². The molecule has 14 heteroatoms. The molecule has 1 fully saturated rings. The summed E-state index contributed by atoms with van der Waals surface area (Å²) < 4.78 is 11.4. The smallest absolute Gasteiger partial charge is 0.411 e. The number of carbonyl (C=O) groups excluding carboxylic acids is 2. The number of aliphatic imine (C=N–C) groups is 1. The molecule has 2 amide bonds. The lowest BCUT2D eigenvalue weighted by Crippen LogP contribution is -2.39. The standard InChI is InChI=1S/C43H47N7O7/c1-56-39-25-36(35(46-20-7-19-44)24-29(39)26-45-27-38(52)32-12-14-37(51)42-33(32)13-15-40(53)49-42)47-41(54)18-23-50-21-16-30(17-22-50)57-43(55)48-34-11-6-5-10-31(34)28-8-3-2-4-9-28/h2-15,19-20,24-25,30,38,45,51-52H,16-18,21-23,26-27,44H2,1H3,(H,47,54)(H,48,55)(H,49,53)/t38-/m0/s1. The highest BCUT2D eigenvalue weighted by molar-refractivity contribution is 5.95. The zero-order valence-corrected chi connectivity index (χ0v) is 31.6. The lowest BCUT2D eigenvalue weighted by Gasteiger charge is -2.31. The topological polar surface area (TPSA) is 204 Å². The van der Waals surface area contributed by atoms with E-state index >= 15 is 0 Å². The molecule has 0 unspecified atom stereocenters. The molecule has 1 aliphatic heterocycles. The maximum Gasteiger partial charge on any atom is 0.411 e. The number of aliphatic hydroxyl groups is 1. The zero-order chi connectivity index (χ0) is 40.1. The van der Waals surface area contributed by atoms with Gasteiger partial charge in [0.1, 0.15) is 17.6 Å². The number of H-pyrrole nitrogens is 1. The molecule has 57 heavy (non-hydrogen) atoms. The van der Waals surface area contributed by atoms with Crippen LogP contribution >= 0.6 is 0 Å². The highest BCUT2D eigenvalue weighted by Crippen LogP contribution is 2.34. The Morgan fingerprint density at radius 3 is 2.54 bits per heavy atom. The van der Waals surface area contributed by atoms with E-state index < -0.39 is 12.2 Å². The minimum absolute atomic E-state index is 0.0866. The van der Waals surface area contributed by atoms with E-state index in [1.807, 2.05) is 54.6 Å². The second-order valence-electron chi connectivity index (χ2n) is 13.6. The number of amides is 2. The van der Waals surface area contributed by atoms with Crippen molar-refractivity contribution in [3.05, 3.63) is 125 Å². The van der Waals surface area contributed by atoms with Crippen molar-refractivity contribution in [1.82, 2.24) is 15.2 Å². The number of ether oxygens (including phenoxy) is 2. The average Bonchev–Trinajstić information content (AvgIpc) is 3.22. The van der Waals surface area contributed by atoms with Crippen molar-refractivity contribution in [1.29, 1.82) is 0 Å². The molecule has 0 radical (unpaired) electrons. The number of allylic oxidation sites excluding steroid dienone is 1. The molecular formula is C43H47N7O7. The number of aromatic nitrogens is 1. The van der Waals surface area contributed by atoms with Gasteiger partial charge < -0.3 is 45.9 Å². The molecule has 1 aromatic heterocycles. The first-order valence-electron chi connectivity index (χ1n) is 18.7. The van der Waals surface area contributed by atoms with Gasteiger partial charge in [-0.2, -0.15) is 0 Å². The third kappa shape index (κ3) is 10.6. The number of carbonyl (C=O) groups is 2. The minimum Gasteiger partial charge on any atom is -0.506 e. The van der Waals surface area contributed by atoms with Gasteiger partial charge in [-0.25, -0.2) is 4.79 Å². The summed E-state index contributed by atoms with van der Waals surface area (Å²) in [5.41, 5.74) is 10.2. The Hall–Kier alpha value is -6.48. The van der Waals surface area contributed by atoms with Gasteiger partial charge in [0.05, 0.1) is 35.8 Å². The normalized spacial score (nSPS) is 14.2. The van der Waals surface area contributed by atoms with Crippen LogP contribution in [0.25, 0.3) is 22.0 Å². The number of phenols is 1. The maximum atomic E-state index is 13.2. The molecule has 0 spiro atoms. The Balaban J connectivity index is 1.01. The molecule has 0 saturated carbocycles. The van der Waals surface area contributed by atoms with Crippen LogP contribution in [-0.4, -0.2) is 77.7 Å². The second-order valence-corrected chi connectivity index (χ2v) is 13.6. The van der Waals surface area contributed by atoms with Crippen molar-refractivity contribution in [2.75, 3.05) is 43.9 Å². The summed E-state index contributed by atoms with van der Waals surface area (Å²) in [6.07, 6.45) is 4.30. The summed E-state index contributed by atoms with van der Waals surface area (Å²) in [6.45, 7) is 2.32. The van der Waals surface area contributed by atoms with Crippen LogP contribution in [0.15, 0.2) is 113 Å². The molecule has 0 bridgehead atoms. The SMILES string of the molecule is COc1cc(NC(=O)CCN2CCC(OC(=O)Nc3ccccc3-c3ccccc3)CC2)c(N=CC=CN)cc1CNC[C@H](O)c1ccc(O)c2[nH]c(=O)ccc12. The Morgan fingerprint density at radius 2 is 1.77 bits per heavy atom. The van der Waals surface area contributed by atoms with Gasteiger partial charge in [-0.15, -0.1) is 0 Å². The minimum atomic E-state index is -0.957. The second kappa shape index (κ2) is 19.4. The van der Waals surface area contributed by atoms with Gasteiger partial charge in [-0.1, -0.05) is 54.6 Å².